The fourth-order valence-corrected chi connectivity index (χ4v) is 11.8. The van der Waals surface area contributed by atoms with E-state index in [1.807, 2.05) is 36.4 Å². The van der Waals surface area contributed by atoms with Crippen molar-refractivity contribution in [3.05, 3.63) is 58.7 Å². The van der Waals surface area contributed by atoms with Gasteiger partial charge in [-0.05, 0) is 0 Å². The van der Waals surface area contributed by atoms with Crippen molar-refractivity contribution in [3.8, 4) is 11.1 Å². The summed E-state index contributed by atoms with van der Waals surface area (Å²) in [5, 5.41) is 0. The number of likely N-dealkylation sites (N-methyl/N-ethyl adjacent to an activating group) is 4. The van der Waals surface area contributed by atoms with Crippen molar-refractivity contribution in [3.63, 3.8) is 0 Å². The zero-order valence-corrected chi connectivity index (χ0v) is 24.5. The zero-order valence-electron chi connectivity index (χ0n) is 22.4. The normalized spacial score (nSPS) is 18.7. The Hall–Kier alpha value is -4.32. The van der Waals surface area contributed by atoms with E-state index >= 15 is 0 Å². The Morgan fingerprint density at radius 1 is 0.538 bits per heavy atom. The third-order valence-electron chi connectivity index (χ3n) is 7.63. The number of hydrogen-bond donors (Lipinski definition) is 0. The monoisotopic (exact) mass is 588 g/mol. The number of nitrogens with zero attached hydrogens (tertiary/aromatic N) is 4. The molecule has 8 amide bonds. The fourth-order valence-electron chi connectivity index (χ4n) is 5.24. The molecule has 10 nitrogen and oxygen atoms in total. The summed E-state index contributed by atoms with van der Waals surface area (Å²) in [6, 6.07) is 10.3. The first-order chi connectivity index (χ1) is 18.2. The Balaban J connectivity index is 1.53. The van der Waals surface area contributed by atoms with Crippen LogP contribution >= 0.6 is 0 Å². The quantitative estimate of drug-likeness (QED) is 0.298. The molecule has 5 rings (SSSR count). The van der Waals surface area contributed by atoms with Gasteiger partial charge in [0.25, 0.3) is 0 Å². The molecule has 0 aromatic heterocycles. The van der Waals surface area contributed by atoms with Gasteiger partial charge < -0.3 is 0 Å². The number of barbiturate groups is 2. The molecule has 2 aromatic rings. The average Bonchev–Trinajstić information content (AvgIpc) is 3.14. The maximum atomic E-state index is 12.7. The van der Waals surface area contributed by atoms with E-state index in [0.717, 1.165) is 39.5 Å². The summed E-state index contributed by atoms with van der Waals surface area (Å²) in [6.45, 7) is 0. The summed E-state index contributed by atoms with van der Waals surface area (Å²) in [5.41, 5.74) is 3.34. The Morgan fingerprint density at radius 2 is 0.846 bits per heavy atom. The molecule has 0 unspecified atom stereocenters. The number of hydrogen-bond acceptors (Lipinski definition) is 6. The number of fused-ring (bicyclic) bond motifs is 3. The van der Waals surface area contributed by atoms with Crippen molar-refractivity contribution in [2.45, 2.75) is 11.5 Å². The van der Waals surface area contributed by atoms with E-state index < -0.39 is 49.0 Å². The second-order valence-electron chi connectivity index (χ2n) is 10.4. The number of carbonyl (C=O) groups is 6. The topological polar surface area (TPSA) is 115 Å². The first-order valence-electron chi connectivity index (χ1n) is 12.2. The van der Waals surface area contributed by atoms with E-state index in [9.17, 15) is 28.8 Å². The molecule has 2 fully saturated rings. The van der Waals surface area contributed by atoms with Crippen molar-refractivity contribution in [2.24, 2.45) is 0 Å². The van der Waals surface area contributed by atoms with Crippen LogP contribution in [-0.2, 0) is 19.2 Å². The van der Waals surface area contributed by atoms with Gasteiger partial charge >= 0.3 is 228 Å². The van der Waals surface area contributed by atoms with Gasteiger partial charge in [0.05, 0.1) is 0 Å². The Bertz CT molecular complexity index is 1450. The van der Waals surface area contributed by atoms with Gasteiger partial charge in [0.15, 0.2) is 0 Å². The van der Waals surface area contributed by atoms with Gasteiger partial charge in [0.2, 0.25) is 0 Å². The molecule has 198 valence electrons. The molecule has 3 heterocycles. The van der Waals surface area contributed by atoms with Crippen LogP contribution < -0.4 is 8.79 Å². The third kappa shape index (κ3) is 3.85. The SMILES string of the molecule is CN1C(=O)C(=Cc2ccc3[c](c2)[Ge]([CH3])([CH3])[c]2cc(C=C4C(=O)N(C)C(=O)N(C)C4=O)ccc2-3)C(=O)N(C)C1=O. The third-order valence-corrected chi connectivity index (χ3v) is 15.0. The Kier molecular flexibility index (Phi) is 5.98. The van der Waals surface area contributed by atoms with Crippen LogP contribution in [0.2, 0.25) is 11.5 Å². The number of benzene rings is 2. The minimum atomic E-state index is -2.89. The zero-order chi connectivity index (χ0) is 28.5. The summed E-state index contributed by atoms with van der Waals surface area (Å²) in [5.74, 6) is 1.88. The van der Waals surface area contributed by atoms with Crippen LogP contribution in [0.25, 0.3) is 23.3 Å². The molecule has 11 heteroatoms. The van der Waals surface area contributed by atoms with Crippen LogP contribution in [0.5, 0.6) is 0 Å². The van der Waals surface area contributed by atoms with Crippen molar-refractivity contribution in [1.29, 1.82) is 0 Å². The van der Waals surface area contributed by atoms with Crippen molar-refractivity contribution < 1.29 is 28.8 Å². The molecule has 0 N–H and O–H groups in total. The van der Waals surface area contributed by atoms with Crippen molar-refractivity contribution in [2.75, 3.05) is 28.2 Å². The van der Waals surface area contributed by atoms with E-state index in [1.165, 1.54) is 40.3 Å². The van der Waals surface area contributed by atoms with E-state index in [0.29, 0.717) is 11.1 Å². The van der Waals surface area contributed by atoms with Gasteiger partial charge in [0.1, 0.15) is 0 Å². The second-order valence-corrected chi connectivity index (χ2v) is 19.5. The predicted molar refractivity (Wildman–Crippen MR) is 146 cm³/mol. The van der Waals surface area contributed by atoms with Crippen LogP contribution in [0.15, 0.2) is 47.5 Å². The molecule has 39 heavy (non-hydrogen) atoms. The number of rotatable bonds is 2. The second kappa shape index (κ2) is 8.87. The van der Waals surface area contributed by atoms with Crippen LogP contribution in [-0.4, -0.2) is 96.7 Å². The summed E-state index contributed by atoms with van der Waals surface area (Å²) >= 11 is -2.89. The number of carbonyl (C=O) groups excluding carboxylic acids is 6. The van der Waals surface area contributed by atoms with E-state index in [1.54, 1.807) is 0 Å². The van der Waals surface area contributed by atoms with Gasteiger partial charge in [-0.15, -0.1) is 0 Å². The number of imide groups is 4. The molecule has 3 aliphatic rings. The number of urea groups is 2. The molecule has 0 bridgehead atoms. The van der Waals surface area contributed by atoms with Crippen LogP contribution in [0.3, 0.4) is 0 Å². The van der Waals surface area contributed by atoms with Crippen LogP contribution in [0, 0.1) is 0 Å². The Labute approximate surface area is 227 Å². The summed E-state index contributed by atoms with van der Waals surface area (Å²) in [6.07, 6.45) is 3.05. The molecule has 0 aliphatic carbocycles. The molecular weight excluding hydrogens is 561 g/mol. The fraction of sp³-hybridized carbons (Fsp3) is 0.214. The van der Waals surface area contributed by atoms with E-state index in [4.69, 9.17) is 0 Å². The summed E-state index contributed by atoms with van der Waals surface area (Å²) in [4.78, 5) is 78.5. The summed E-state index contributed by atoms with van der Waals surface area (Å²) in [7, 11) is 5.37. The van der Waals surface area contributed by atoms with Gasteiger partial charge in [-0.2, -0.15) is 0 Å². The molecule has 2 aromatic carbocycles. The maximum absolute atomic E-state index is 12.7. The first-order valence-corrected chi connectivity index (χ1v) is 18.5. The van der Waals surface area contributed by atoms with E-state index in [2.05, 4.69) is 11.5 Å². The number of amides is 8. The molecule has 3 aliphatic heterocycles. The predicted octanol–water partition coefficient (Wildman–Crippen LogP) is 1.36. The average molecular weight is 587 g/mol. The van der Waals surface area contributed by atoms with Gasteiger partial charge in [-0.3, -0.25) is 0 Å². The molecule has 0 spiro atoms. The first kappa shape index (κ1) is 26.3. The molecule has 0 radical (unpaired) electrons. The molecule has 0 atom stereocenters. The Morgan fingerprint density at radius 3 is 1.15 bits per heavy atom. The van der Waals surface area contributed by atoms with E-state index in [-0.39, 0.29) is 11.1 Å². The van der Waals surface area contributed by atoms with Crippen LogP contribution in [0.4, 0.5) is 9.59 Å². The standard InChI is InChI=1S/C28H26GeN4O6/c1-29(2)21-13-15(11-19-23(34)30(3)27(38)31(4)24(19)35)7-9-17(21)18-10-8-16(14-22(18)29)12-20-25(36)32(5)28(39)33(6)26(20)37/h7-14H,1-6H3. The van der Waals surface area contributed by atoms with Gasteiger partial charge in [-0.25, -0.2) is 0 Å². The minimum absolute atomic E-state index is 0.0792. The van der Waals surface area contributed by atoms with Crippen LogP contribution in [0.1, 0.15) is 11.1 Å². The molecule has 0 saturated carbocycles. The van der Waals surface area contributed by atoms with Crippen molar-refractivity contribution >= 4 is 69.9 Å². The molecular formula is C28H26GeN4O6. The van der Waals surface area contributed by atoms with Crippen molar-refractivity contribution in [1.82, 2.24) is 19.6 Å². The molecule has 2 saturated heterocycles. The van der Waals surface area contributed by atoms with Gasteiger partial charge in [-0.1, -0.05) is 0 Å². The summed E-state index contributed by atoms with van der Waals surface area (Å²) < 4.78 is 2.32. The van der Waals surface area contributed by atoms with Gasteiger partial charge in [0, 0.05) is 0 Å².